The van der Waals surface area contributed by atoms with E-state index < -0.39 is 0 Å². The van der Waals surface area contributed by atoms with E-state index in [1.807, 2.05) is 65.6 Å². The lowest BCUT2D eigenvalue weighted by atomic mass is 10.2. The van der Waals surface area contributed by atoms with E-state index in [-0.39, 0.29) is 12.5 Å². The molecule has 24 heavy (non-hydrogen) atoms. The van der Waals surface area contributed by atoms with Gasteiger partial charge in [0.05, 0.1) is 0 Å². The number of carbonyl (C=O) groups is 1. The molecule has 0 atom stereocenters. The molecule has 2 N–H and O–H groups in total. The minimum Gasteiger partial charge on any atom is -0.350 e. The Bertz CT molecular complexity index is 846. The second-order valence-corrected chi connectivity index (χ2v) is 6.72. The zero-order chi connectivity index (χ0) is 16.8. The van der Waals surface area contributed by atoms with Crippen LogP contribution in [0.15, 0.2) is 60.7 Å². The standard InChI is InChI=1S/C17H16N4OS2/c22-15(18-11-13-7-3-1-4-8-13)12-21(14-9-5-2-6-10-14)16-19-20-17(23)24-16/h1-10H,11-12H2,(H,18,22)(H,20,23). The van der Waals surface area contributed by atoms with E-state index in [0.29, 0.717) is 15.6 Å². The van der Waals surface area contributed by atoms with E-state index in [2.05, 4.69) is 15.5 Å². The monoisotopic (exact) mass is 356 g/mol. The van der Waals surface area contributed by atoms with Crippen molar-refractivity contribution in [2.24, 2.45) is 0 Å². The van der Waals surface area contributed by atoms with Crippen LogP contribution in [-0.2, 0) is 11.3 Å². The van der Waals surface area contributed by atoms with Crippen molar-refractivity contribution in [2.75, 3.05) is 11.4 Å². The number of para-hydroxylation sites is 1. The lowest BCUT2D eigenvalue weighted by molar-refractivity contribution is -0.119. The van der Waals surface area contributed by atoms with E-state index in [9.17, 15) is 4.79 Å². The number of hydrogen-bond acceptors (Lipinski definition) is 5. The van der Waals surface area contributed by atoms with Crippen molar-refractivity contribution in [3.05, 3.63) is 70.2 Å². The van der Waals surface area contributed by atoms with Crippen LogP contribution in [0.2, 0.25) is 0 Å². The summed E-state index contributed by atoms with van der Waals surface area (Å²) in [5.74, 6) is -0.0798. The SMILES string of the molecule is O=C(CN(c1ccccc1)c1n[nH]c(=S)s1)NCc1ccccc1. The van der Waals surface area contributed by atoms with Crippen molar-refractivity contribution < 1.29 is 4.79 Å². The molecule has 0 aliphatic rings. The van der Waals surface area contributed by atoms with Crippen LogP contribution < -0.4 is 10.2 Å². The lowest BCUT2D eigenvalue weighted by Crippen LogP contribution is -2.34. The van der Waals surface area contributed by atoms with Crippen LogP contribution in [0, 0.1) is 3.95 Å². The summed E-state index contributed by atoms with van der Waals surface area (Å²) in [5.41, 5.74) is 1.96. The number of nitrogens with one attached hydrogen (secondary N) is 2. The van der Waals surface area contributed by atoms with E-state index >= 15 is 0 Å². The van der Waals surface area contributed by atoms with E-state index in [4.69, 9.17) is 12.2 Å². The number of aromatic nitrogens is 2. The number of benzene rings is 2. The second kappa shape index (κ2) is 7.85. The Morgan fingerprint density at radius 3 is 2.42 bits per heavy atom. The van der Waals surface area contributed by atoms with Crippen molar-refractivity contribution in [3.8, 4) is 0 Å². The van der Waals surface area contributed by atoms with Gasteiger partial charge in [0.1, 0.15) is 6.54 Å². The lowest BCUT2D eigenvalue weighted by Gasteiger charge is -2.20. The average molecular weight is 356 g/mol. The largest absolute Gasteiger partial charge is 0.350 e. The van der Waals surface area contributed by atoms with Gasteiger partial charge in [-0.25, -0.2) is 0 Å². The first-order chi connectivity index (χ1) is 11.7. The predicted octanol–water partition coefficient (Wildman–Crippen LogP) is 3.66. The van der Waals surface area contributed by atoms with Gasteiger partial charge in [-0.2, -0.15) is 0 Å². The van der Waals surface area contributed by atoms with Gasteiger partial charge in [-0.3, -0.25) is 9.89 Å². The quantitative estimate of drug-likeness (QED) is 0.662. The van der Waals surface area contributed by atoms with Gasteiger partial charge in [-0.05, 0) is 29.9 Å². The minimum absolute atomic E-state index is 0.0798. The number of nitrogens with zero attached hydrogens (tertiary/aromatic N) is 2. The number of anilines is 2. The molecule has 0 bridgehead atoms. The molecule has 122 valence electrons. The molecule has 1 amide bonds. The molecule has 3 aromatic rings. The van der Waals surface area contributed by atoms with E-state index in [1.165, 1.54) is 11.3 Å². The zero-order valence-corrected chi connectivity index (χ0v) is 14.4. The van der Waals surface area contributed by atoms with Crippen LogP contribution in [0.3, 0.4) is 0 Å². The third-order valence-corrected chi connectivity index (χ3v) is 4.47. The van der Waals surface area contributed by atoms with Crippen molar-refractivity contribution in [3.63, 3.8) is 0 Å². The molecule has 1 aromatic heterocycles. The Morgan fingerprint density at radius 1 is 1.12 bits per heavy atom. The molecule has 0 fully saturated rings. The molecule has 5 nitrogen and oxygen atoms in total. The Morgan fingerprint density at radius 2 is 1.79 bits per heavy atom. The van der Waals surface area contributed by atoms with Gasteiger partial charge >= 0.3 is 0 Å². The molecule has 3 rings (SSSR count). The highest BCUT2D eigenvalue weighted by Crippen LogP contribution is 2.26. The molecule has 0 aliphatic carbocycles. The van der Waals surface area contributed by atoms with Gasteiger partial charge in [0.25, 0.3) is 0 Å². The summed E-state index contributed by atoms with van der Waals surface area (Å²) in [6.45, 7) is 0.672. The van der Waals surface area contributed by atoms with E-state index in [0.717, 1.165) is 11.3 Å². The molecule has 0 aliphatic heterocycles. The summed E-state index contributed by atoms with van der Waals surface area (Å²) in [6.07, 6.45) is 0. The first kappa shape index (κ1) is 16.4. The number of hydrogen-bond donors (Lipinski definition) is 2. The van der Waals surface area contributed by atoms with Crippen LogP contribution >= 0.6 is 23.6 Å². The van der Waals surface area contributed by atoms with Crippen molar-refractivity contribution >= 4 is 40.3 Å². The summed E-state index contributed by atoms with van der Waals surface area (Å²) in [5, 5.41) is 10.6. The highest BCUT2D eigenvalue weighted by atomic mass is 32.1. The molecular weight excluding hydrogens is 340 g/mol. The molecule has 0 unspecified atom stereocenters. The highest BCUT2D eigenvalue weighted by molar-refractivity contribution is 7.73. The van der Waals surface area contributed by atoms with Gasteiger partial charge in [0.2, 0.25) is 11.0 Å². The van der Waals surface area contributed by atoms with E-state index in [1.54, 1.807) is 0 Å². The molecular formula is C17H16N4OS2. The minimum atomic E-state index is -0.0798. The molecule has 0 spiro atoms. The molecule has 1 heterocycles. The second-order valence-electron chi connectivity index (χ2n) is 5.08. The number of rotatable bonds is 6. The Kier molecular flexibility index (Phi) is 5.35. The van der Waals surface area contributed by atoms with Crippen LogP contribution in [0.25, 0.3) is 0 Å². The number of aromatic amines is 1. The summed E-state index contributed by atoms with van der Waals surface area (Å²) < 4.78 is 0.579. The van der Waals surface area contributed by atoms with Crippen LogP contribution in [0.5, 0.6) is 0 Å². The highest BCUT2D eigenvalue weighted by Gasteiger charge is 2.16. The maximum atomic E-state index is 12.4. The van der Waals surface area contributed by atoms with Crippen molar-refractivity contribution in [2.45, 2.75) is 6.54 Å². The first-order valence-electron chi connectivity index (χ1n) is 7.41. The fraction of sp³-hybridized carbons (Fsp3) is 0.118. The zero-order valence-electron chi connectivity index (χ0n) is 12.8. The predicted molar refractivity (Wildman–Crippen MR) is 99.0 cm³/mol. The summed E-state index contributed by atoms with van der Waals surface area (Å²) in [4.78, 5) is 14.2. The normalized spacial score (nSPS) is 10.3. The summed E-state index contributed by atoms with van der Waals surface area (Å²) >= 11 is 6.45. The maximum absolute atomic E-state index is 12.4. The molecule has 7 heteroatoms. The number of H-pyrrole nitrogens is 1. The number of carbonyl (C=O) groups excluding carboxylic acids is 1. The summed E-state index contributed by atoms with van der Waals surface area (Å²) in [7, 11) is 0. The first-order valence-corrected chi connectivity index (χ1v) is 8.63. The van der Waals surface area contributed by atoms with Gasteiger partial charge in [-0.15, -0.1) is 5.10 Å². The van der Waals surface area contributed by atoms with Crippen LogP contribution in [0.4, 0.5) is 10.8 Å². The Labute approximate surface area is 149 Å². The van der Waals surface area contributed by atoms with Gasteiger partial charge in [0, 0.05) is 12.2 Å². The smallest absolute Gasteiger partial charge is 0.240 e. The van der Waals surface area contributed by atoms with Gasteiger partial charge in [0.15, 0.2) is 3.95 Å². The topological polar surface area (TPSA) is 61.0 Å². The third-order valence-electron chi connectivity index (χ3n) is 3.36. The van der Waals surface area contributed by atoms with Gasteiger partial charge < -0.3 is 10.2 Å². The third kappa shape index (κ3) is 4.27. The Hall–Kier alpha value is -2.51. The maximum Gasteiger partial charge on any atom is 0.240 e. The Balaban J connectivity index is 1.72. The van der Waals surface area contributed by atoms with Crippen LogP contribution in [-0.4, -0.2) is 22.6 Å². The number of amides is 1. The molecule has 0 saturated carbocycles. The molecule has 0 radical (unpaired) electrons. The van der Waals surface area contributed by atoms with Crippen molar-refractivity contribution in [1.29, 1.82) is 0 Å². The summed E-state index contributed by atoms with van der Waals surface area (Å²) in [6, 6.07) is 19.5. The fourth-order valence-electron chi connectivity index (χ4n) is 2.21. The van der Waals surface area contributed by atoms with Gasteiger partial charge in [-0.1, -0.05) is 59.9 Å². The average Bonchev–Trinajstić information content (AvgIpc) is 3.05. The van der Waals surface area contributed by atoms with Crippen molar-refractivity contribution in [1.82, 2.24) is 15.5 Å². The molecule has 2 aromatic carbocycles. The molecule has 0 saturated heterocycles. The fourth-order valence-corrected chi connectivity index (χ4v) is 3.11. The van der Waals surface area contributed by atoms with Crippen LogP contribution in [0.1, 0.15) is 5.56 Å².